The fourth-order valence-corrected chi connectivity index (χ4v) is 4.54. The first-order valence-electron chi connectivity index (χ1n) is 6.83. The molecule has 21 heavy (non-hydrogen) atoms. The lowest BCUT2D eigenvalue weighted by atomic mass is 9.97. The molecule has 0 aromatic carbocycles. The number of nitrogen functional groups attached to an aromatic ring is 1. The summed E-state index contributed by atoms with van der Waals surface area (Å²) >= 11 is -0.492. The minimum atomic E-state index is -0.492. The lowest BCUT2D eigenvalue weighted by Gasteiger charge is -2.33. The molecule has 0 spiro atoms. The van der Waals surface area contributed by atoms with Crippen LogP contribution < -0.4 is 10.7 Å². The van der Waals surface area contributed by atoms with E-state index in [9.17, 15) is 4.79 Å². The average Bonchev–Trinajstić information content (AvgIpc) is 2.91. The van der Waals surface area contributed by atoms with E-state index >= 15 is 0 Å². The summed E-state index contributed by atoms with van der Waals surface area (Å²) in [5.74, 6) is 1.81. The Hall–Kier alpha value is -1.58. The van der Waals surface area contributed by atoms with E-state index < -0.39 is 21.0 Å². The molecule has 2 N–H and O–H groups in total. The van der Waals surface area contributed by atoms with Crippen LogP contribution in [-0.2, 0) is 4.79 Å². The predicted octanol–water partition coefficient (Wildman–Crippen LogP) is 1.54. The normalized spacial score (nSPS) is 20.9. The maximum Gasteiger partial charge on any atom is 0.245 e. The summed E-state index contributed by atoms with van der Waals surface area (Å²) in [4.78, 5) is 21.9. The van der Waals surface area contributed by atoms with Gasteiger partial charge in [-0.3, -0.25) is 4.79 Å². The van der Waals surface area contributed by atoms with Gasteiger partial charge in [-0.15, -0.1) is 3.25 Å². The van der Waals surface area contributed by atoms with Crippen molar-refractivity contribution in [3.63, 3.8) is 0 Å². The maximum atomic E-state index is 11.7. The standard InChI is InChI=1S/C13H17IN6O/c1-2-10(21)19-5-3-4-9(6-19)7-20-13-11(14-18-20)12(15)16-8-17-13/h2,8-9H,1,3-7H2,(H2,15,16,17). The first-order chi connectivity index (χ1) is 10.2. The number of hydrogen-bond acceptors (Lipinski definition) is 6. The zero-order chi connectivity index (χ0) is 14.8. The van der Waals surface area contributed by atoms with Gasteiger partial charge in [0.25, 0.3) is 0 Å². The monoisotopic (exact) mass is 400 g/mol. The van der Waals surface area contributed by atoms with E-state index in [4.69, 9.17) is 5.73 Å². The van der Waals surface area contributed by atoms with E-state index in [0.717, 1.165) is 41.9 Å². The molecule has 0 aliphatic carbocycles. The van der Waals surface area contributed by atoms with Gasteiger partial charge in [0.2, 0.25) is 5.91 Å². The number of likely N-dealkylation sites (tertiary alicyclic amines) is 1. The molecule has 3 heterocycles. The highest BCUT2D eigenvalue weighted by atomic mass is 127. The summed E-state index contributed by atoms with van der Waals surface area (Å²) in [5.41, 5.74) is 5.87. The Morgan fingerprint density at radius 2 is 2.43 bits per heavy atom. The van der Waals surface area contributed by atoms with Crippen molar-refractivity contribution in [3.8, 4) is 0 Å². The van der Waals surface area contributed by atoms with Crippen molar-refractivity contribution in [1.82, 2.24) is 14.9 Å². The number of piperidine rings is 1. The summed E-state index contributed by atoms with van der Waals surface area (Å²) in [6.45, 7) is 5.91. The predicted molar refractivity (Wildman–Crippen MR) is 88.4 cm³/mol. The largest absolute Gasteiger partial charge is 0.383 e. The molecule has 1 aromatic heterocycles. The van der Waals surface area contributed by atoms with Crippen LogP contribution in [0, 0.1) is 9.49 Å². The molecule has 0 radical (unpaired) electrons. The molecule has 1 unspecified atom stereocenters. The smallest absolute Gasteiger partial charge is 0.245 e. The molecule has 1 amide bonds. The van der Waals surface area contributed by atoms with Crippen LogP contribution in [0.4, 0.5) is 11.6 Å². The molecule has 0 saturated carbocycles. The summed E-state index contributed by atoms with van der Waals surface area (Å²) in [5, 5.41) is 1.95. The minimum absolute atomic E-state index is 0.0115. The zero-order valence-corrected chi connectivity index (χ0v) is 13.7. The van der Waals surface area contributed by atoms with Gasteiger partial charge in [-0.05, 0) is 24.8 Å². The van der Waals surface area contributed by atoms with E-state index in [1.54, 1.807) is 0 Å². The third kappa shape index (κ3) is 2.89. The molecule has 1 saturated heterocycles. The quantitative estimate of drug-likeness (QED) is 0.615. The van der Waals surface area contributed by atoms with Gasteiger partial charge in [0.05, 0.1) is 21.0 Å². The third-order valence-corrected chi connectivity index (χ3v) is 5.95. The van der Waals surface area contributed by atoms with Crippen LogP contribution in [0.15, 0.2) is 22.2 Å². The van der Waals surface area contributed by atoms with Gasteiger partial charge < -0.3 is 10.6 Å². The Balaban J connectivity index is 1.69. The molecule has 7 nitrogen and oxygen atoms in total. The molecular formula is C13H17IN6O. The first kappa shape index (κ1) is 14.4. The zero-order valence-electron chi connectivity index (χ0n) is 11.6. The van der Waals surface area contributed by atoms with Gasteiger partial charge in [-0.1, -0.05) is 6.58 Å². The Bertz CT molecular complexity index is 604. The Labute approximate surface area is 133 Å². The SMILES string of the molecule is C=CC(=O)N1CCCC(CN2N=Ic3c(N)ncnc32)C1. The summed E-state index contributed by atoms with van der Waals surface area (Å²) in [6, 6.07) is 0. The highest BCUT2D eigenvalue weighted by Crippen LogP contribution is 2.36. The van der Waals surface area contributed by atoms with Crippen molar-refractivity contribution < 1.29 is 4.79 Å². The topological polar surface area (TPSA) is 87.7 Å². The van der Waals surface area contributed by atoms with Crippen molar-refractivity contribution in [2.75, 3.05) is 30.4 Å². The van der Waals surface area contributed by atoms with Gasteiger partial charge in [0.1, 0.15) is 15.7 Å². The fourth-order valence-electron chi connectivity index (χ4n) is 2.66. The summed E-state index contributed by atoms with van der Waals surface area (Å²) in [7, 11) is 0. The number of halogens is 1. The molecule has 1 fully saturated rings. The number of anilines is 2. The van der Waals surface area contributed by atoms with Crippen molar-refractivity contribution in [3.05, 3.63) is 22.6 Å². The number of nitrogens with zero attached hydrogens (tertiary/aromatic N) is 5. The highest BCUT2D eigenvalue weighted by molar-refractivity contribution is 14.2. The minimum Gasteiger partial charge on any atom is -0.383 e. The Morgan fingerprint density at radius 3 is 3.24 bits per heavy atom. The van der Waals surface area contributed by atoms with Crippen LogP contribution in [0.5, 0.6) is 0 Å². The first-order valence-corrected chi connectivity index (χ1v) is 8.88. The Kier molecular flexibility index (Phi) is 4.13. The maximum absolute atomic E-state index is 11.7. The number of carbonyl (C=O) groups excluding carboxylic acids is 1. The van der Waals surface area contributed by atoms with Gasteiger partial charge >= 0.3 is 0 Å². The van der Waals surface area contributed by atoms with Crippen molar-refractivity contribution >= 4 is 38.6 Å². The van der Waals surface area contributed by atoms with Gasteiger partial charge in [0, 0.05) is 19.6 Å². The van der Waals surface area contributed by atoms with Gasteiger partial charge in [0.15, 0.2) is 5.82 Å². The number of aromatic nitrogens is 2. The summed E-state index contributed by atoms with van der Waals surface area (Å²) < 4.78 is 5.59. The number of carbonyl (C=O) groups is 1. The fraction of sp³-hybridized carbons (Fsp3) is 0.462. The Morgan fingerprint density at radius 1 is 1.57 bits per heavy atom. The molecule has 0 bridgehead atoms. The number of hydrogen-bond donors (Lipinski definition) is 1. The summed E-state index contributed by atoms with van der Waals surface area (Å²) in [6.07, 6.45) is 4.99. The highest BCUT2D eigenvalue weighted by Gasteiger charge is 2.27. The number of rotatable bonds is 3. The van der Waals surface area contributed by atoms with Crippen LogP contribution in [0.25, 0.3) is 0 Å². The van der Waals surface area contributed by atoms with E-state index in [0.29, 0.717) is 11.7 Å². The van der Waals surface area contributed by atoms with E-state index in [1.165, 1.54) is 12.4 Å². The lowest BCUT2D eigenvalue weighted by Crippen LogP contribution is -2.42. The molecule has 3 rings (SSSR count). The van der Waals surface area contributed by atoms with E-state index in [-0.39, 0.29) is 5.91 Å². The number of amides is 1. The van der Waals surface area contributed by atoms with Crippen LogP contribution in [-0.4, -0.2) is 40.4 Å². The molecule has 1 aromatic rings. The van der Waals surface area contributed by atoms with Crippen LogP contribution >= 0.6 is 21.0 Å². The van der Waals surface area contributed by atoms with Crippen LogP contribution in [0.3, 0.4) is 0 Å². The average molecular weight is 400 g/mol. The third-order valence-electron chi connectivity index (χ3n) is 3.69. The van der Waals surface area contributed by atoms with Crippen LogP contribution in [0.1, 0.15) is 12.8 Å². The molecular weight excluding hydrogens is 383 g/mol. The van der Waals surface area contributed by atoms with Crippen molar-refractivity contribution in [2.45, 2.75) is 12.8 Å². The van der Waals surface area contributed by atoms with Crippen molar-refractivity contribution in [2.24, 2.45) is 9.17 Å². The number of nitrogens with two attached hydrogens (primary N) is 1. The van der Waals surface area contributed by atoms with Gasteiger partial charge in [-0.2, -0.15) is 0 Å². The van der Waals surface area contributed by atoms with E-state index in [1.807, 2.05) is 9.91 Å². The molecule has 2 aliphatic rings. The molecule has 8 heteroatoms. The second-order valence-electron chi connectivity index (χ2n) is 5.14. The van der Waals surface area contributed by atoms with E-state index in [2.05, 4.69) is 19.8 Å². The lowest BCUT2D eigenvalue weighted by molar-refractivity contribution is -0.127. The van der Waals surface area contributed by atoms with Crippen molar-refractivity contribution in [1.29, 1.82) is 0 Å². The number of fused-ring (bicyclic) bond motifs is 1. The van der Waals surface area contributed by atoms with Crippen LogP contribution in [0.2, 0.25) is 0 Å². The molecule has 2 aliphatic heterocycles. The second kappa shape index (κ2) is 6.04. The molecule has 112 valence electrons. The second-order valence-corrected chi connectivity index (χ2v) is 7.13. The molecule has 1 atom stereocenters. The van der Waals surface area contributed by atoms with Gasteiger partial charge in [-0.25, -0.2) is 15.0 Å².